The predicted octanol–water partition coefficient (Wildman–Crippen LogP) is -0.322. The number of carbonyl (C=O) groups is 1. The van der Waals surface area contributed by atoms with Crippen LogP contribution in [0.15, 0.2) is 18.6 Å². The standard InChI is InChI=1S/C15H22N4O3/c20-14-10-19(8-11-1-5-22-6-2-11)9-13(14)18-15(21)12-7-16-3-4-17-12/h3-4,7,11,13-14,20H,1-2,5-6,8-10H2,(H,18,21)/t13-,14-/m1/s1. The number of aliphatic hydroxyl groups is 1. The second-order valence-corrected chi connectivity index (χ2v) is 6.01. The van der Waals surface area contributed by atoms with Crippen molar-refractivity contribution in [1.82, 2.24) is 20.2 Å². The molecule has 0 saturated carbocycles. The third kappa shape index (κ3) is 3.79. The van der Waals surface area contributed by atoms with Gasteiger partial charge >= 0.3 is 0 Å². The highest BCUT2D eigenvalue weighted by molar-refractivity contribution is 5.92. The fourth-order valence-electron chi connectivity index (χ4n) is 3.11. The largest absolute Gasteiger partial charge is 0.390 e. The summed E-state index contributed by atoms with van der Waals surface area (Å²) < 4.78 is 5.37. The van der Waals surface area contributed by atoms with Crippen molar-refractivity contribution in [2.24, 2.45) is 5.92 Å². The van der Waals surface area contributed by atoms with Crippen molar-refractivity contribution >= 4 is 5.91 Å². The van der Waals surface area contributed by atoms with E-state index in [2.05, 4.69) is 20.2 Å². The number of nitrogens with one attached hydrogen (secondary N) is 1. The number of likely N-dealkylation sites (tertiary alicyclic amines) is 1. The number of aliphatic hydroxyl groups excluding tert-OH is 1. The molecule has 2 N–H and O–H groups in total. The lowest BCUT2D eigenvalue weighted by Gasteiger charge is -2.26. The lowest BCUT2D eigenvalue weighted by molar-refractivity contribution is 0.0538. The minimum atomic E-state index is -0.541. The SMILES string of the molecule is O=C(N[C@@H]1CN(CC2CCOCC2)C[C@H]1O)c1cnccn1. The van der Waals surface area contributed by atoms with Gasteiger partial charge in [0.25, 0.3) is 5.91 Å². The molecule has 0 bridgehead atoms. The molecule has 7 nitrogen and oxygen atoms in total. The van der Waals surface area contributed by atoms with Gasteiger partial charge < -0.3 is 15.2 Å². The number of aromatic nitrogens is 2. The van der Waals surface area contributed by atoms with Crippen molar-refractivity contribution in [3.8, 4) is 0 Å². The van der Waals surface area contributed by atoms with E-state index in [0.717, 1.165) is 32.6 Å². The van der Waals surface area contributed by atoms with Crippen LogP contribution in [0.3, 0.4) is 0 Å². The van der Waals surface area contributed by atoms with E-state index in [9.17, 15) is 9.90 Å². The lowest BCUT2D eigenvalue weighted by Crippen LogP contribution is -2.43. The Bertz CT molecular complexity index is 493. The molecule has 0 aromatic carbocycles. The van der Waals surface area contributed by atoms with Gasteiger partial charge in [-0.1, -0.05) is 0 Å². The number of rotatable bonds is 4. The second kappa shape index (κ2) is 7.13. The first-order valence-corrected chi connectivity index (χ1v) is 7.77. The summed E-state index contributed by atoms with van der Waals surface area (Å²) in [6.45, 7) is 3.88. The lowest BCUT2D eigenvalue weighted by atomic mass is 10.00. The first-order valence-electron chi connectivity index (χ1n) is 7.77. The number of ether oxygens (including phenoxy) is 1. The number of amides is 1. The Morgan fingerprint density at radius 1 is 1.36 bits per heavy atom. The summed E-state index contributed by atoms with van der Waals surface area (Å²) in [5, 5.41) is 13.0. The molecule has 0 aliphatic carbocycles. The van der Waals surface area contributed by atoms with E-state index < -0.39 is 6.10 Å². The molecule has 1 amide bonds. The highest BCUT2D eigenvalue weighted by Gasteiger charge is 2.33. The summed E-state index contributed by atoms with van der Waals surface area (Å²) in [5.41, 5.74) is 0.276. The zero-order valence-corrected chi connectivity index (χ0v) is 12.5. The summed E-state index contributed by atoms with van der Waals surface area (Å²) in [7, 11) is 0. The molecule has 0 spiro atoms. The quantitative estimate of drug-likeness (QED) is 0.792. The fraction of sp³-hybridized carbons (Fsp3) is 0.667. The molecular formula is C15H22N4O3. The van der Waals surface area contributed by atoms with Crippen LogP contribution in [-0.4, -0.2) is 70.9 Å². The van der Waals surface area contributed by atoms with E-state index in [1.54, 1.807) is 0 Å². The first kappa shape index (κ1) is 15.3. The van der Waals surface area contributed by atoms with Crippen LogP contribution in [0, 0.1) is 5.92 Å². The average molecular weight is 306 g/mol. The molecule has 1 aromatic rings. The van der Waals surface area contributed by atoms with Gasteiger partial charge in [-0.05, 0) is 18.8 Å². The predicted molar refractivity (Wildman–Crippen MR) is 79.3 cm³/mol. The summed E-state index contributed by atoms with van der Waals surface area (Å²) in [6, 6.07) is -0.255. The fourth-order valence-corrected chi connectivity index (χ4v) is 3.11. The molecule has 120 valence electrons. The van der Waals surface area contributed by atoms with Crippen LogP contribution in [-0.2, 0) is 4.74 Å². The Kier molecular flexibility index (Phi) is 4.97. The molecule has 0 unspecified atom stereocenters. The third-order valence-corrected chi connectivity index (χ3v) is 4.33. The molecule has 2 atom stereocenters. The Balaban J connectivity index is 1.51. The third-order valence-electron chi connectivity index (χ3n) is 4.33. The molecule has 3 heterocycles. The van der Waals surface area contributed by atoms with E-state index in [1.165, 1.54) is 18.6 Å². The summed E-state index contributed by atoms with van der Waals surface area (Å²) >= 11 is 0. The van der Waals surface area contributed by atoms with Gasteiger partial charge in [0.05, 0.1) is 18.3 Å². The smallest absolute Gasteiger partial charge is 0.271 e. The number of β-amino-alcohol motifs (C(OH)–C–C–N with tert-alkyl or cyclic N) is 1. The van der Waals surface area contributed by atoms with Crippen LogP contribution in [0.2, 0.25) is 0 Å². The van der Waals surface area contributed by atoms with Crippen molar-refractivity contribution in [2.45, 2.75) is 25.0 Å². The first-order chi connectivity index (χ1) is 10.7. The van der Waals surface area contributed by atoms with E-state index >= 15 is 0 Å². The van der Waals surface area contributed by atoms with Crippen LogP contribution in [0.25, 0.3) is 0 Å². The summed E-state index contributed by atoms with van der Waals surface area (Å²) in [4.78, 5) is 22.2. The van der Waals surface area contributed by atoms with Crippen molar-refractivity contribution in [3.63, 3.8) is 0 Å². The molecular weight excluding hydrogens is 284 g/mol. The van der Waals surface area contributed by atoms with Crippen LogP contribution in [0.5, 0.6) is 0 Å². The zero-order chi connectivity index (χ0) is 15.4. The Morgan fingerprint density at radius 3 is 2.91 bits per heavy atom. The molecule has 2 aliphatic heterocycles. The molecule has 3 rings (SSSR count). The molecule has 0 radical (unpaired) electrons. The minimum Gasteiger partial charge on any atom is -0.390 e. The average Bonchev–Trinajstić information content (AvgIpc) is 2.88. The highest BCUT2D eigenvalue weighted by Crippen LogP contribution is 2.19. The number of hydrogen-bond donors (Lipinski definition) is 2. The Labute approximate surface area is 129 Å². The van der Waals surface area contributed by atoms with Gasteiger partial charge in [-0.15, -0.1) is 0 Å². The number of carbonyl (C=O) groups excluding carboxylic acids is 1. The molecule has 2 aliphatic rings. The Hall–Kier alpha value is -1.57. The van der Waals surface area contributed by atoms with Gasteiger partial charge in [-0.25, -0.2) is 4.98 Å². The van der Waals surface area contributed by atoms with Gasteiger partial charge in [-0.2, -0.15) is 0 Å². The normalized spacial score (nSPS) is 27.0. The van der Waals surface area contributed by atoms with Gasteiger partial charge in [0, 0.05) is 45.2 Å². The van der Waals surface area contributed by atoms with Crippen molar-refractivity contribution in [3.05, 3.63) is 24.3 Å². The van der Waals surface area contributed by atoms with Crippen molar-refractivity contribution in [2.75, 3.05) is 32.8 Å². The molecule has 7 heteroatoms. The summed E-state index contributed by atoms with van der Waals surface area (Å²) in [6.07, 6.45) is 6.04. The van der Waals surface area contributed by atoms with Gasteiger partial charge in [0.1, 0.15) is 5.69 Å². The molecule has 2 saturated heterocycles. The van der Waals surface area contributed by atoms with E-state index in [0.29, 0.717) is 19.0 Å². The van der Waals surface area contributed by atoms with Crippen molar-refractivity contribution in [1.29, 1.82) is 0 Å². The van der Waals surface area contributed by atoms with Gasteiger partial charge in [-0.3, -0.25) is 14.7 Å². The van der Waals surface area contributed by atoms with Crippen LogP contribution in [0.4, 0.5) is 0 Å². The van der Waals surface area contributed by atoms with Crippen molar-refractivity contribution < 1.29 is 14.6 Å². The van der Waals surface area contributed by atoms with Gasteiger partial charge in [0.2, 0.25) is 0 Å². The van der Waals surface area contributed by atoms with E-state index in [1.807, 2.05) is 0 Å². The monoisotopic (exact) mass is 306 g/mol. The van der Waals surface area contributed by atoms with Gasteiger partial charge in [0.15, 0.2) is 0 Å². The maximum Gasteiger partial charge on any atom is 0.271 e. The topological polar surface area (TPSA) is 87.6 Å². The van der Waals surface area contributed by atoms with Crippen LogP contribution < -0.4 is 5.32 Å². The highest BCUT2D eigenvalue weighted by atomic mass is 16.5. The molecule has 22 heavy (non-hydrogen) atoms. The van der Waals surface area contributed by atoms with Crippen LogP contribution >= 0.6 is 0 Å². The minimum absolute atomic E-state index is 0.255. The molecule has 1 aromatic heterocycles. The summed E-state index contributed by atoms with van der Waals surface area (Å²) in [5.74, 6) is 0.334. The second-order valence-electron chi connectivity index (χ2n) is 6.01. The number of hydrogen-bond acceptors (Lipinski definition) is 6. The molecule has 2 fully saturated rings. The number of nitrogens with zero attached hydrogens (tertiary/aromatic N) is 3. The maximum absolute atomic E-state index is 12.1. The van der Waals surface area contributed by atoms with E-state index in [4.69, 9.17) is 4.74 Å². The maximum atomic E-state index is 12.1. The van der Waals surface area contributed by atoms with E-state index in [-0.39, 0.29) is 17.6 Å². The zero-order valence-electron chi connectivity index (χ0n) is 12.5. The van der Waals surface area contributed by atoms with Crippen LogP contribution in [0.1, 0.15) is 23.3 Å². The Morgan fingerprint density at radius 2 is 2.18 bits per heavy atom.